The third kappa shape index (κ3) is 1.18. The zero-order valence-corrected chi connectivity index (χ0v) is 7.72. The molecule has 0 unspecified atom stereocenters. The summed E-state index contributed by atoms with van der Waals surface area (Å²) in [5, 5.41) is 0. The van der Waals surface area contributed by atoms with Crippen LogP contribution in [-0.4, -0.2) is 0 Å². The van der Waals surface area contributed by atoms with Crippen LogP contribution in [-0.2, 0) is 6.42 Å². The van der Waals surface area contributed by atoms with Gasteiger partial charge in [0.1, 0.15) is 0 Å². The Labute approximate surface area is 73.9 Å². The molecular weight excluding hydrogens is 144 g/mol. The van der Waals surface area contributed by atoms with Gasteiger partial charge in [0.15, 0.2) is 0 Å². The Bertz CT molecular complexity index is 332. The first-order valence-electron chi connectivity index (χ1n) is 4.54. The zero-order chi connectivity index (χ0) is 8.55. The standard InChI is InChI=1S/C12H14/c1-9-6-7-11-5-3-4-10(2)12(11)8-9/h4,6-8H,3,5H2,1-2H3. The minimum absolute atomic E-state index is 1.21. The van der Waals surface area contributed by atoms with E-state index in [2.05, 4.69) is 38.1 Å². The molecule has 1 aromatic carbocycles. The maximum absolute atomic E-state index is 2.34. The number of aryl methyl sites for hydroxylation is 2. The van der Waals surface area contributed by atoms with Crippen LogP contribution in [0.2, 0.25) is 0 Å². The van der Waals surface area contributed by atoms with E-state index in [1.165, 1.54) is 35.1 Å². The fourth-order valence-electron chi connectivity index (χ4n) is 1.83. The van der Waals surface area contributed by atoms with Crippen molar-refractivity contribution in [3.05, 3.63) is 41.0 Å². The summed E-state index contributed by atoms with van der Waals surface area (Å²) in [4.78, 5) is 0. The zero-order valence-electron chi connectivity index (χ0n) is 7.72. The predicted molar refractivity (Wildman–Crippen MR) is 53.2 cm³/mol. The fourth-order valence-corrected chi connectivity index (χ4v) is 1.83. The van der Waals surface area contributed by atoms with Gasteiger partial charge in [0.2, 0.25) is 0 Å². The highest BCUT2D eigenvalue weighted by Crippen LogP contribution is 2.26. The second-order valence-corrected chi connectivity index (χ2v) is 3.59. The molecule has 1 aliphatic rings. The lowest BCUT2D eigenvalue weighted by Gasteiger charge is -2.15. The third-order valence-electron chi connectivity index (χ3n) is 2.55. The Kier molecular flexibility index (Phi) is 1.76. The van der Waals surface area contributed by atoms with Crippen molar-refractivity contribution in [3.8, 4) is 0 Å². The van der Waals surface area contributed by atoms with Crippen molar-refractivity contribution in [2.45, 2.75) is 26.7 Å². The number of fused-ring (bicyclic) bond motifs is 1. The average molecular weight is 158 g/mol. The minimum Gasteiger partial charge on any atom is -0.0807 e. The molecule has 0 spiro atoms. The third-order valence-corrected chi connectivity index (χ3v) is 2.55. The Balaban J connectivity index is 2.58. The van der Waals surface area contributed by atoms with Crippen molar-refractivity contribution in [2.24, 2.45) is 0 Å². The van der Waals surface area contributed by atoms with Crippen molar-refractivity contribution in [1.29, 1.82) is 0 Å². The van der Waals surface area contributed by atoms with Crippen LogP contribution in [0, 0.1) is 6.92 Å². The van der Waals surface area contributed by atoms with Crippen LogP contribution in [0.3, 0.4) is 0 Å². The molecule has 0 amide bonds. The number of hydrogen-bond donors (Lipinski definition) is 0. The quantitative estimate of drug-likeness (QED) is 0.543. The van der Waals surface area contributed by atoms with Gasteiger partial charge in [-0.05, 0) is 43.4 Å². The molecule has 0 heteroatoms. The molecular formula is C12H14. The second kappa shape index (κ2) is 2.78. The van der Waals surface area contributed by atoms with Crippen molar-refractivity contribution in [2.75, 3.05) is 0 Å². The molecule has 0 N–H and O–H groups in total. The van der Waals surface area contributed by atoms with Crippen LogP contribution in [0.15, 0.2) is 24.3 Å². The molecule has 0 atom stereocenters. The lowest BCUT2D eigenvalue weighted by molar-refractivity contribution is 0.973. The molecule has 12 heavy (non-hydrogen) atoms. The van der Waals surface area contributed by atoms with Crippen molar-refractivity contribution in [3.63, 3.8) is 0 Å². The van der Waals surface area contributed by atoms with Crippen molar-refractivity contribution < 1.29 is 0 Å². The summed E-state index contributed by atoms with van der Waals surface area (Å²) < 4.78 is 0. The highest BCUT2D eigenvalue weighted by Gasteiger charge is 2.07. The van der Waals surface area contributed by atoms with E-state index in [1.807, 2.05) is 0 Å². The molecule has 0 nitrogen and oxygen atoms in total. The second-order valence-electron chi connectivity index (χ2n) is 3.59. The Morgan fingerprint density at radius 3 is 2.83 bits per heavy atom. The summed E-state index contributed by atoms with van der Waals surface area (Å²) in [5.41, 5.74) is 5.78. The summed E-state index contributed by atoms with van der Waals surface area (Å²) in [5.74, 6) is 0. The minimum atomic E-state index is 1.21. The highest BCUT2D eigenvalue weighted by atomic mass is 14.1. The van der Waals surface area contributed by atoms with Gasteiger partial charge in [-0.1, -0.05) is 29.8 Å². The molecule has 0 fully saturated rings. The van der Waals surface area contributed by atoms with Gasteiger partial charge in [-0.15, -0.1) is 0 Å². The van der Waals surface area contributed by atoms with E-state index >= 15 is 0 Å². The molecule has 1 aliphatic carbocycles. The first-order valence-corrected chi connectivity index (χ1v) is 4.54. The fraction of sp³-hybridized carbons (Fsp3) is 0.333. The van der Waals surface area contributed by atoms with E-state index in [0.29, 0.717) is 0 Å². The molecule has 0 saturated heterocycles. The normalized spacial score (nSPS) is 15.3. The van der Waals surface area contributed by atoms with Gasteiger partial charge < -0.3 is 0 Å². The summed E-state index contributed by atoms with van der Waals surface area (Å²) in [6, 6.07) is 6.76. The lowest BCUT2D eigenvalue weighted by atomic mass is 9.90. The number of benzene rings is 1. The van der Waals surface area contributed by atoms with E-state index in [9.17, 15) is 0 Å². The molecule has 1 aromatic rings. The van der Waals surface area contributed by atoms with E-state index in [4.69, 9.17) is 0 Å². The van der Waals surface area contributed by atoms with Crippen LogP contribution in [0.4, 0.5) is 0 Å². The molecule has 0 bridgehead atoms. The maximum atomic E-state index is 2.34. The number of allylic oxidation sites excluding steroid dienone is 2. The average Bonchev–Trinajstić information content (AvgIpc) is 2.07. The molecule has 0 heterocycles. The molecule has 62 valence electrons. The van der Waals surface area contributed by atoms with Gasteiger partial charge in [-0.25, -0.2) is 0 Å². The summed E-state index contributed by atoms with van der Waals surface area (Å²) in [6.07, 6.45) is 4.76. The van der Waals surface area contributed by atoms with Gasteiger partial charge in [-0.2, -0.15) is 0 Å². The number of rotatable bonds is 0. The summed E-state index contributed by atoms with van der Waals surface area (Å²) in [6.45, 7) is 4.36. The number of hydrogen-bond acceptors (Lipinski definition) is 0. The van der Waals surface area contributed by atoms with E-state index < -0.39 is 0 Å². The van der Waals surface area contributed by atoms with Crippen molar-refractivity contribution in [1.82, 2.24) is 0 Å². The van der Waals surface area contributed by atoms with Gasteiger partial charge in [-0.3, -0.25) is 0 Å². The van der Waals surface area contributed by atoms with Gasteiger partial charge >= 0.3 is 0 Å². The molecule has 2 rings (SSSR count). The van der Waals surface area contributed by atoms with Gasteiger partial charge in [0, 0.05) is 0 Å². The van der Waals surface area contributed by atoms with Crippen LogP contribution >= 0.6 is 0 Å². The van der Waals surface area contributed by atoms with Crippen LogP contribution in [0.1, 0.15) is 30.0 Å². The van der Waals surface area contributed by atoms with Crippen molar-refractivity contribution >= 4 is 5.57 Å². The van der Waals surface area contributed by atoms with Gasteiger partial charge in [0.25, 0.3) is 0 Å². The van der Waals surface area contributed by atoms with E-state index in [1.54, 1.807) is 0 Å². The highest BCUT2D eigenvalue weighted by molar-refractivity contribution is 5.68. The lowest BCUT2D eigenvalue weighted by Crippen LogP contribution is -1.97. The Morgan fingerprint density at radius 2 is 2.00 bits per heavy atom. The maximum Gasteiger partial charge on any atom is -0.0196 e. The smallest absolute Gasteiger partial charge is 0.0196 e. The van der Waals surface area contributed by atoms with Gasteiger partial charge in [0.05, 0.1) is 0 Å². The van der Waals surface area contributed by atoms with Crippen LogP contribution < -0.4 is 0 Å². The van der Waals surface area contributed by atoms with E-state index in [-0.39, 0.29) is 0 Å². The van der Waals surface area contributed by atoms with Crippen LogP contribution in [0.25, 0.3) is 5.57 Å². The summed E-state index contributed by atoms with van der Waals surface area (Å²) in [7, 11) is 0. The SMILES string of the molecule is CC1=CCCc2ccc(C)cc21. The van der Waals surface area contributed by atoms with Crippen LogP contribution in [0.5, 0.6) is 0 Å². The molecule has 0 aliphatic heterocycles. The summed E-state index contributed by atoms with van der Waals surface area (Å²) >= 11 is 0. The first-order chi connectivity index (χ1) is 5.77. The Morgan fingerprint density at radius 1 is 1.17 bits per heavy atom. The largest absolute Gasteiger partial charge is 0.0807 e. The topological polar surface area (TPSA) is 0 Å². The predicted octanol–water partition coefficient (Wildman–Crippen LogP) is 3.34. The molecule has 0 saturated carbocycles. The monoisotopic (exact) mass is 158 g/mol. The first kappa shape index (κ1) is 7.60. The Hall–Kier alpha value is -1.04. The van der Waals surface area contributed by atoms with E-state index in [0.717, 1.165) is 0 Å². The molecule has 0 radical (unpaired) electrons. The molecule has 0 aromatic heterocycles.